The van der Waals surface area contributed by atoms with Crippen LogP contribution in [0.1, 0.15) is 22.3 Å². The molecular weight excluding hydrogens is 551 g/mol. The van der Waals surface area contributed by atoms with Gasteiger partial charge in [-0.15, -0.1) is 0 Å². The molecule has 0 radical (unpaired) electrons. The van der Waals surface area contributed by atoms with Crippen LogP contribution in [0.2, 0.25) is 0 Å². The summed E-state index contributed by atoms with van der Waals surface area (Å²) in [5.74, 6) is -0.000812. The Morgan fingerprint density at radius 2 is 0.829 bits per heavy atom. The van der Waals surface area contributed by atoms with Crippen LogP contribution in [-0.2, 0) is 16.5 Å². The van der Waals surface area contributed by atoms with Crippen molar-refractivity contribution in [2.24, 2.45) is 9.98 Å². The molecule has 0 heterocycles. The van der Waals surface area contributed by atoms with E-state index in [1.807, 2.05) is 123 Å². The Morgan fingerprint density at radius 3 is 1.22 bits per heavy atom. The molecule has 204 valence electrons. The minimum Gasteiger partial charge on any atom is -0.872 e. The fraction of sp³-hybridized carbons (Fsp3) is 0.0556. The van der Waals surface area contributed by atoms with Gasteiger partial charge in [-0.05, 0) is 70.8 Å². The molecule has 0 atom stereocenters. The molecule has 5 heteroatoms. The van der Waals surface area contributed by atoms with Crippen LogP contribution in [0.4, 0.5) is 11.4 Å². The molecule has 0 unspecified atom stereocenters. The summed E-state index contributed by atoms with van der Waals surface area (Å²) in [6, 6.07) is 38.4. The van der Waals surface area contributed by atoms with E-state index in [-0.39, 0.29) is 28.0 Å². The minimum atomic E-state index is -0.000406. The van der Waals surface area contributed by atoms with Gasteiger partial charge >= 0.3 is 16.5 Å². The summed E-state index contributed by atoms with van der Waals surface area (Å²) in [7, 11) is 0. The number of benzene rings is 6. The molecule has 0 aliphatic heterocycles. The van der Waals surface area contributed by atoms with Crippen LogP contribution < -0.4 is 10.2 Å². The second-order valence-electron chi connectivity index (χ2n) is 9.58. The summed E-state index contributed by atoms with van der Waals surface area (Å²) >= 11 is 0. The number of aliphatic imine (C=N–C) groups is 2. The molecule has 0 aliphatic rings. The predicted octanol–water partition coefficient (Wildman–Crippen LogP) is 7.94. The molecule has 0 saturated carbocycles. The van der Waals surface area contributed by atoms with E-state index < -0.39 is 0 Å². The number of fused-ring (bicyclic) bond motifs is 2. The van der Waals surface area contributed by atoms with Gasteiger partial charge < -0.3 is 10.2 Å². The topological polar surface area (TPSA) is 70.8 Å². The third-order valence-corrected chi connectivity index (χ3v) is 6.61. The molecule has 6 aromatic carbocycles. The molecule has 0 aliphatic carbocycles. The van der Waals surface area contributed by atoms with Crippen molar-refractivity contribution >= 4 is 45.3 Å². The second kappa shape index (κ2) is 13.6. The number of rotatable bonds is 4. The van der Waals surface area contributed by atoms with Gasteiger partial charge in [-0.25, -0.2) is 0 Å². The zero-order valence-corrected chi connectivity index (χ0v) is 23.7. The second-order valence-corrected chi connectivity index (χ2v) is 9.58. The quantitative estimate of drug-likeness (QED) is 0.157. The molecule has 0 bridgehead atoms. The fourth-order valence-corrected chi connectivity index (χ4v) is 4.36. The minimum absolute atomic E-state index is 0. The number of nitrogens with zero attached hydrogens (tertiary/aromatic N) is 2. The first-order valence-electron chi connectivity index (χ1n) is 13.1. The van der Waals surface area contributed by atoms with Gasteiger partial charge in [0.05, 0.1) is 11.4 Å². The van der Waals surface area contributed by atoms with E-state index in [0.717, 1.165) is 32.9 Å². The predicted molar refractivity (Wildman–Crippen MR) is 164 cm³/mol. The molecule has 0 amide bonds. The molecule has 4 nitrogen and oxygen atoms in total. The maximum Gasteiger partial charge on any atom is 2.00 e. The van der Waals surface area contributed by atoms with E-state index >= 15 is 0 Å². The number of aryl methyl sites for hydroxylation is 2. The van der Waals surface area contributed by atoms with Crippen LogP contribution >= 0.6 is 0 Å². The van der Waals surface area contributed by atoms with E-state index in [1.165, 1.54) is 11.1 Å². The Morgan fingerprint density at radius 1 is 0.463 bits per heavy atom. The third kappa shape index (κ3) is 7.27. The van der Waals surface area contributed by atoms with Crippen molar-refractivity contribution in [3.8, 4) is 11.5 Å². The smallest absolute Gasteiger partial charge is 0.872 e. The van der Waals surface area contributed by atoms with Crippen molar-refractivity contribution in [1.29, 1.82) is 0 Å². The standard InChI is InChI=1S/2C18H15NO.Ni/c2*1-13-6-9-15(10-7-13)19-12-17-16-5-3-2-4-14(16)8-11-18(17)20;/h2*2-12,20H,1H3;/q;;+2/p-2. The molecule has 0 aromatic heterocycles. The van der Waals surface area contributed by atoms with Crippen molar-refractivity contribution in [3.05, 3.63) is 144 Å². The third-order valence-electron chi connectivity index (χ3n) is 6.61. The normalized spacial score (nSPS) is 11.0. The summed E-state index contributed by atoms with van der Waals surface area (Å²) in [5.41, 5.74) is 5.37. The molecular formula is C36H28N2NiO2. The van der Waals surface area contributed by atoms with Crippen LogP contribution in [0, 0.1) is 13.8 Å². The fourth-order valence-electron chi connectivity index (χ4n) is 4.36. The van der Waals surface area contributed by atoms with Gasteiger partial charge in [0.2, 0.25) is 0 Å². The van der Waals surface area contributed by atoms with Gasteiger partial charge in [-0.3, -0.25) is 9.98 Å². The van der Waals surface area contributed by atoms with Crippen molar-refractivity contribution in [2.45, 2.75) is 13.8 Å². The first kappa shape index (κ1) is 29.3. The monoisotopic (exact) mass is 578 g/mol. The van der Waals surface area contributed by atoms with E-state index in [4.69, 9.17) is 0 Å². The van der Waals surface area contributed by atoms with Crippen molar-refractivity contribution in [2.75, 3.05) is 0 Å². The van der Waals surface area contributed by atoms with Crippen molar-refractivity contribution < 1.29 is 26.7 Å². The summed E-state index contributed by atoms with van der Waals surface area (Å²) in [6.07, 6.45) is 3.32. The SMILES string of the molecule is Cc1ccc(N=Cc2c([O-])ccc3ccccc23)cc1.Cc1ccc(N=Cc2c([O-])ccc3ccccc23)cc1.[Ni+2]. The van der Waals surface area contributed by atoms with E-state index in [2.05, 4.69) is 9.98 Å². The van der Waals surface area contributed by atoms with Crippen LogP contribution in [-0.4, -0.2) is 12.4 Å². The van der Waals surface area contributed by atoms with E-state index in [1.54, 1.807) is 24.6 Å². The zero-order valence-electron chi connectivity index (χ0n) is 22.7. The molecule has 0 spiro atoms. The zero-order chi connectivity index (χ0) is 27.9. The summed E-state index contributed by atoms with van der Waals surface area (Å²) in [4.78, 5) is 8.81. The Bertz CT molecular complexity index is 1690. The molecule has 0 fully saturated rings. The number of hydrogen-bond donors (Lipinski definition) is 0. The average Bonchev–Trinajstić information content (AvgIpc) is 2.98. The first-order valence-corrected chi connectivity index (χ1v) is 13.1. The number of hydrogen-bond acceptors (Lipinski definition) is 4. The largest absolute Gasteiger partial charge is 2.00 e. The van der Waals surface area contributed by atoms with Gasteiger partial charge in [-0.1, -0.05) is 120 Å². The maximum absolute atomic E-state index is 12.0. The molecule has 41 heavy (non-hydrogen) atoms. The Balaban J connectivity index is 0.000000184. The van der Waals surface area contributed by atoms with Crippen LogP contribution in [0.5, 0.6) is 11.5 Å². The Hall–Kier alpha value is -4.73. The Labute approximate surface area is 250 Å². The summed E-state index contributed by atoms with van der Waals surface area (Å²) in [6.45, 7) is 4.07. The van der Waals surface area contributed by atoms with Gasteiger partial charge in [0.15, 0.2) is 0 Å². The maximum atomic E-state index is 12.0. The average molecular weight is 579 g/mol. The molecule has 0 saturated heterocycles. The van der Waals surface area contributed by atoms with E-state index in [0.29, 0.717) is 11.1 Å². The summed E-state index contributed by atoms with van der Waals surface area (Å²) < 4.78 is 0. The van der Waals surface area contributed by atoms with Crippen LogP contribution in [0.3, 0.4) is 0 Å². The molecule has 6 rings (SSSR count). The summed E-state index contributed by atoms with van der Waals surface area (Å²) in [5, 5.41) is 28.0. The van der Waals surface area contributed by atoms with Gasteiger partial charge in [0.1, 0.15) is 0 Å². The van der Waals surface area contributed by atoms with E-state index in [9.17, 15) is 10.2 Å². The van der Waals surface area contributed by atoms with Crippen molar-refractivity contribution in [1.82, 2.24) is 0 Å². The van der Waals surface area contributed by atoms with Gasteiger partial charge in [0, 0.05) is 12.4 Å². The van der Waals surface area contributed by atoms with Crippen LogP contribution in [0.15, 0.2) is 131 Å². The first-order chi connectivity index (χ1) is 19.5. The molecule has 0 N–H and O–H groups in total. The molecule has 6 aromatic rings. The van der Waals surface area contributed by atoms with Crippen LogP contribution in [0.25, 0.3) is 21.5 Å². The Kier molecular flexibility index (Phi) is 9.68. The van der Waals surface area contributed by atoms with Gasteiger partial charge in [-0.2, -0.15) is 0 Å². The van der Waals surface area contributed by atoms with Crippen molar-refractivity contribution in [3.63, 3.8) is 0 Å². The van der Waals surface area contributed by atoms with Gasteiger partial charge in [0.25, 0.3) is 0 Å².